The van der Waals surface area contributed by atoms with Gasteiger partial charge in [0.05, 0.1) is 28.8 Å². The molecular weight excluding hydrogens is 348 g/mol. The van der Waals surface area contributed by atoms with Gasteiger partial charge in [0.1, 0.15) is 17.7 Å². The topological polar surface area (TPSA) is 68.9 Å². The minimum Gasteiger partial charge on any atom is -0.353 e. The molecule has 4 heterocycles. The molecule has 0 radical (unpaired) electrons. The smallest absolute Gasteiger partial charge is 0.147 e. The fourth-order valence-corrected chi connectivity index (χ4v) is 4.56. The fourth-order valence-electron chi connectivity index (χ4n) is 4.56. The van der Waals surface area contributed by atoms with Crippen LogP contribution in [-0.2, 0) is 0 Å². The van der Waals surface area contributed by atoms with Gasteiger partial charge in [0.2, 0.25) is 0 Å². The second-order valence-corrected chi connectivity index (χ2v) is 7.70. The number of fused-ring (bicyclic) bond motifs is 2. The first-order chi connectivity index (χ1) is 13.7. The molecule has 6 heteroatoms. The van der Waals surface area contributed by atoms with Crippen LogP contribution in [0.5, 0.6) is 0 Å². The lowest BCUT2D eigenvalue weighted by molar-refractivity contribution is 0.388. The molecule has 0 saturated carbocycles. The van der Waals surface area contributed by atoms with Gasteiger partial charge in [-0.05, 0) is 49.9 Å². The zero-order valence-corrected chi connectivity index (χ0v) is 15.9. The van der Waals surface area contributed by atoms with E-state index in [-0.39, 0.29) is 0 Å². The maximum absolute atomic E-state index is 9.55. The summed E-state index contributed by atoms with van der Waals surface area (Å²) in [6.07, 6.45) is 4.17. The average Bonchev–Trinajstić information content (AvgIpc) is 3.16. The third-order valence-electron chi connectivity index (χ3n) is 6.03. The van der Waals surface area contributed by atoms with Crippen molar-refractivity contribution in [1.29, 1.82) is 5.26 Å². The first-order valence-electron chi connectivity index (χ1n) is 9.84. The number of anilines is 2. The maximum atomic E-state index is 9.55. The van der Waals surface area contributed by atoms with E-state index in [0.29, 0.717) is 17.5 Å². The van der Waals surface area contributed by atoms with Crippen molar-refractivity contribution in [1.82, 2.24) is 15.0 Å². The van der Waals surface area contributed by atoms with E-state index in [0.717, 1.165) is 60.8 Å². The highest BCUT2D eigenvalue weighted by molar-refractivity contribution is 5.75. The van der Waals surface area contributed by atoms with Crippen molar-refractivity contribution in [2.75, 3.05) is 29.4 Å². The van der Waals surface area contributed by atoms with E-state index in [2.05, 4.69) is 20.9 Å². The van der Waals surface area contributed by atoms with Crippen molar-refractivity contribution in [3.05, 3.63) is 53.9 Å². The lowest BCUT2D eigenvalue weighted by Gasteiger charge is -2.39. The minimum atomic E-state index is 0.350. The summed E-state index contributed by atoms with van der Waals surface area (Å²) in [4.78, 5) is 18.8. The molecule has 6 nitrogen and oxygen atoms in total. The summed E-state index contributed by atoms with van der Waals surface area (Å²) in [6, 6.07) is 14.5. The predicted octanol–water partition coefficient (Wildman–Crippen LogP) is 3.31. The van der Waals surface area contributed by atoms with Gasteiger partial charge in [-0.1, -0.05) is 12.1 Å². The monoisotopic (exact) mass is 370 g/mol. The van der Waals surface area contributed by atoms with E-state index in [9.17, 15) is 5.26 Å². The maximum Gasteiger partial charge on any atom is 0.147 e. The lowest BCUT2D eigenvalue weighted by Crippen LogP contribution is -2.49. The molecular formula is C22H22N6. The van der Waals surface area contributed by atoms with Crippen molar-refractivity contribution in [3.8, 4) is 6.07 Å². The summed E-state index contributed by atoms with van der Waals surface area (Å²) in [5, 5.41) is 9.55. The quantitative estimate of drug-likeness (QED) is 0.689. The summed E-state index contributed by atoms with van der Waals surface area (Å²) < 4.78 is 0. The SMILES string of the molecule is Cc1ccc(C#N)c(N2CCC3CCN(c4cnc5ccccc5n4)CC32)n1. The van der Waals surface area contributed by atoms with Crippen LogP contribution in [0.25, 0.3) is 11.0 Å². The second kappa shape index (κ2) is 6.75. The Balaban J connectivity index is 1.45. The highest BCUT2D eigenvalue weighted by Gasteiger charge is 2.40. The molecule has 3 aromatic rings. The Morgan fingerprint density at radius 2 is 1.86 bits per heavy atom. The molecule has 1 aromatic carbocycles. The molecule has 140 valence electrons. The van der Waals surface area contributed by atoms with E-state index < -0.39 is 0 Å². The molecule has 0 spiro atoms. The molecule has 2 aliphatic heterocycles. The van der Waals surface area contributed by atoms with Crippen LogP contribution in [0, 0.1) is 24.2 Å². The van der Waals surface area contributed by atoms with E-state index in [4.69, 9.17) is 9.97 Å². The summed E-state index contributed by atoms with van der Waals surface area (Å²) in [5.74, 6) is 2.40. The molecule has 0 bridgehead atoms. The molecule has 0 N–H and O–H groups in total. The number of para-hydroxylation sites is 2. The molecule has 2 unspecified atom stereocenters. The van der Waals surface area contributed by atoms with E-state index in [1.165, 1.54) is 0 Å². The number of rotatable bonds is 2. The van der Waals surface area contributed by atoms with Crippen molar-refractivity contribution in [2.45, 2.75) is 25.8 Å². The van der Waals surface area contributed by atoms with Gasteiger partial charge in [-0.3, -0.25) is 4.98 Å². The fraction of sp³-hybridized carbons (Fsp3) is 0.364. The number of aryl methyl sites for hydroxylation is 1. The molecule has 2 aliphatic rings. The number of nitrogens with zero attached hydrogens (tertiary/aromatic N) is 6. The first-order valence-corrected chi connectivity index (χ1v) is 9.84. The van der Waals surface area contributed by atoms with Gasteiger partial charge < -0.3 is 9.80 Å². The molecule has 0 aliphatic carbocycles. The molecule has 2 saturated heterocycles. The molecule has 2 atom stereocenters. The van der Waals surface area contributed by atoms with Crippen LogP contribution in [0.4, 0.5) is 11.6 Å². The summed E-state index contributed by atoms with van der Waals surface area (Å²) in [6.45, 7) is 4.82. The van der Waals surface area contributed by atoms with Crippen LogP contribution < -0.4 is 9.80 Å². The van der Waals surface area contributed by atoms with Crippen LogP contribution in [0.3, 0.4) is 0 Å². The Hall–Kier alpha value is -3.20. The van der Waals surface area contributed by atoms with E-state index in [1.54, 1.807) is 0 Å². The van der Waals surface area contributed by atoms with Crippen LogP contribution >= 0.6 is 0 Å². The molecule has 2 aromatic heterocycles. The number of hydrogen-bond donors (Lipinski definition) is 0. The molecule has 5 rings (SSSR count). The molecule has 0 amide bonds. The predicted molar refractivity (Wildman–Crippen MR) is 109 cm³/mol. The number of pyridine rings is 1. The molecule has 28 heavy (non-hydrogen) atoms. The van der Waals surface area contributed by atoms with Crippen LogP contribution in [0.15, 0.2) is 42.6 Å². The van der Waals surface area contributed by atoms with Gasteiger partial charge >= 0.3 is 0 Å². The van der Waals surface area contributed by atoms with Crippen molar-refractivity contribution >= 4 is 22.7 Å². The van der Waals surface area contributed by atoms with E-state index in [1.807, 2.05) is 49.5 Å². The van der Waals surface area contributed by atoms with Crippen LogP contribution in [-0.4, -0.2) is 40.6 Å². The number of piperidine rings is 1. The standard InChI is InChI=1S/C22H22N6/c1-15-6-7-17(12-23)22(25-15)28-11-9-16-8-10-27(14-20(16)28)21-13-24-18-4-2-3-5-19(18)26-21/h2-7,13,16,20H,8-11,14H2,1H3. The van der Waals surface area contributed by atoms with Gasteiger partial charge in [-0.25, -0.2) is 9.97 Å². The largest absolute Gasteiger partial charge is 0.353 e. The Labute approximate surface area is 164 Å². The molecule has 2 fully saturated rings. The zero-order valence-electron chi connectivity index (χ0n) is 15.9. The third kappa shape index (κ3) is 2.84. The number of hydrogen-bond acceptors (Lipinski definition) is 6. The normalized spacial score (nSPS) is 21.6. The Kier molecular flexibility index (Phi) is 4.09. The van der Waals surface area contributed by atoms with Crippen molar-refractivity contribution in [3.63, 3.8) is 0 Å². The highest BCUT2D eigenvalue weighted by atomic mass is 15.3. The van der Waals surface area contributed by atoms with Gasteiger partial charge in [0.25, 0.3) is 0 Å². The second-order valence-electron chi connectivity index (χ2n) is 7.70. The average molecular weight is 370 g/mol. The van der Waals surface area contributed by atoms with Crippen LogP contribution in [0.1, 0.15) is 24.1 Å². The summed E-state index contributed by atoms with van der Waals surface area (Å²) in [7, 11) is 0. The van der Waals surface area contributed by atoms with Gasteiger partial charge in [-0.2, -0.15) is 5.26 Å². The van der Waals surface area contributed by atoms with Crippen molar-refractivity contribution < 1.29 is 0 Å². The van der Waals surface area contributed by atoms with Crippen molar-refractivity contribution in [2.24, 2.45) is 5.92 Å². The Bertz CT molecular complexity index is 1070. The number of benzene rings is 1. The van der Waals surface area contributed by atoms with Gasteiger partial charge in [-0.15, -0.1) is 0 Å². The summed E-state index contributed by atoms with van der Waals surface area (Å²) in [5.41, 5.74) is 3.46. The Morgan fingerprint density at radius 1 is 1.04 bits per heavy atom. The summed E-state index contributed by atoms with van der Waals surface area (Å²) >= 11 is 0. The van der Waals surface area contributed by atoms with E-state index >= 15 is 0 Å². The number of aromatic nitrogens is 3. The first kappa shape index (κ1) is 16.9. The zero-order chi connectivity index (χ0) is 19.1. The Morgan fingerprint density at radius 3 is 2.71 bits per heavy atom. The lowest BCUT2D eigenvalue weighted by atomic mass is 9.92. The van der Waals surface area contributed by atoms with Gasteiger partial charge in [0, 0.05) is 25.3 Å². The third-order valence-corrected chi connectivity index (χ3v) is 6.03. The highest BCUT2D eigenvalue weighted by Crippen LogP contribution is 2.36. The minimum absolute atomic E-state index is 0.350. The van der Waals surface area contributed by atoms with Crippen LogP contribution in [0.2, 0.25) is 0 Å². The number of nitriles is 1. The van der Waals surface area contributed by atoms with Gasteiger partial charge in [0.15, 0.2) is 0 Å².